The predicted molar refractivity (Wildman–Crippen MR) is 111 cm³/mol. The van der Waals surface area contributed by atoms with E-state index in [1.54, 1.807) is 42.5 Å². The van der Waals surface area contributed by atoms with Gasteiger partial charge in [0.2, 0.25) is 6.79 Å². The summed E-state index contributed by atoms with van der Waals surface area (Å²) in [6, 6.07) is 11.5. The highest BCUT2D eigenvalue weighted by atomic mass is 16.7. The number of carbonyl (C=O) groups is 3. The standard InChI is InChI=1S/C22H24N2O7/c1-13(2)30-17-7-4-15(5-8-17)22(27)23-11-20(25)31-14(3)21(26)24-16-6-9-18-19(10-16)29-12-28-18/h4-10,13-14H,11-12H2,1-3H3,(H,23,27)(H,24,26)/t14-/m1/s1. The topological polar surface area (TPSA) is 112 Å². The zero-order valence-electron chi connectivity index (χ0n) is 17.5. The van der Waals surface area contributed by atoms with E-state index in [0.29, 0.717) is 28.5 Å². The molecular weight excluding hydrogens is 404 g/mol. The van der Waals surface area contributed by atoms with Gasteiger partial charge in [0, 0.05) is 17.3 Å². The third kappa shape index (κ3) is 6.11. The highest BCUT2D eigenvalue weighted by Gasteiger charge is 2.20. The van der Waals surface area contributed by atoms with Gasteiger partial charge in [-0.3, -0.25) is 14.4 Å². The number of hydrogen-bond acceptors (Lipinski definition) is 7. The molecule has 0 saturated carbocycles. The molecule has 0 unspecified atom stereocenters. The number of esters is 1. The fourth-order valence-corrected chi connectivity index (χ4v) is 2.72. The van der Waals surface area contributed by atoms with Crippen LogP contribution in [0.2, 0.25) is 0 Å². The molecule has 0 bridgehead atoms. The van der Waals surface area contributed by atoms with E-state index in [2.05, 4.69) is 10.6 Å². The van der Waals surface area contributed by atoms with E-state index >= 15 is 0 Å². The maximum atomic E-state index is 12.3. The minimum atomic E-state index is -1.05. The van der Waals surface area contributed by atoms with Crippen LogP contribution in [-0.2, 0) is 14.3 Å². The van der Waals surface area contributed by atoms with Gasteiger partial charge < -0.3 is 29.6 Å². The van der Waals surface area contributed by atoms with Gasteiger partial charge in [0.05, 0.1) is 6.10 Å². The molecule has 2 amide bonds. The molecule has 0 saturated heterocycles. The van der Waals surface area contributed by atoms with E-state index < -0.39 is 23.9 Å². The first-order valence-corrected chi connectivity index (χ1v) is 9.76. The zero-order chi connectivity index (χ0) is 22.4. The Bertz CT molecular complexity index is 957. The van der Waals surface area contributed by atoms with Crippen molar-refractivity contribution in [2.75, 3.05) is 18.7 Å². The maximum absolute atomic E-state index is 12.3. The second-order valence-electron chi connectivity index (χ2n) is 7.06. The summed E-state index contributed by atoms with van der Waals surface area (Å²) in [6.45, 7) is 5.01. The van der Waals surface area contributed by atoms with Crippen molar-refractivity contribution in [1.29, 1.82) is 0 Å². The van der Waals surface area contributed by atoms with E-state index in [0.717, 1.165) is 0 Å². The number of benzene rings is 2. The van der Waals surface area contributed by atoms with E-state index in [1.165, 1.54) is 6.92 Å². The minimum absolute atomic E-state index is 0.0266. The van der Waals surface area contributed by atoms with Crippen LogP contribution in [0.5, 0.6) is 17.2 Å². The van der Waals surface area contributed by atoms with Gasteiger partial charge in [-0.1, -0.05) is 0 Å². The average molecular weight is 428 g/mol. The molecule has 0 aromatic heterocycles. The molecule has 2 N–H and O–H groups in total. The van der Waals surface area contributed by atoms with E-state index in [4.69, 9.17) is 18.9 Å². The van der Waals surface area contributed by atoms with Gasteiger partial charge >= 0.3 is 5.97 Å². The first-order chi connectivity index (χ1) is 14.8. The molecule has 1 heterocycles. The van der Waals surface area contributed by atoms with Gasteiger partial charge in [0.25, 0.3) is 11.8 Å². The van der Waals surface area contributed by atoms with Crippen molar-refractivity contribution in [3.8, 4) is 17.2 Å². The summed E-state index contributed by atoms with van der Waals surface area (Å²) in [4.78, 5) is 36.4. The SMILES string of the molecule is CC(C)Oc1ccc(C(=O)NCC(=O)O[C@H](C)C(=O)Nc2ccc3c(c2)OCO3)cc1. The number of ether oxygens (including phenoxy) is 4. The number of nitrogens with one attached hydrogen (secondary N) is 2. The number of anilines is 1. The number of amides is 2. The van der Waals surface area contributed by atoms with Crippen molar-refractivity contribution < 1.29 is 33.3 Å². The van der Waals surface area contributed by atoms with Crippen LogP contribution in [0.4, 0.5) is 5.69 Å². The highest BCUT2D eigenvalue weighted by Crippen LogP contribution is 2.34. The molecule has 1 atom stereocenters. The molecule has 31 heavy (non-hydrogen) atoms. The van der Waals surface area contributed by atoms with Crippen molar-refractivity contribution >= 4 is 23.5 Å². The number of fused-ring (bicyclic) bond motifs is 1. The first-order valence-electron chi connectivity index (χ1n) is 9.76. The molecule has 0 fully saturated rings. The van der Waals surface area contributed by atoms with Crippen molar-refractivity contribution in [3.63, 3.8) is 0 Å². The lowest BCUT2D eigenvalue weighted by atomic mass is 10.2. The Morgan fingerprint density at radius 1 is 1.00 bits per heavy atom. The molecule has 2 aromatic rings. The molecule has 0 radical (unpaired) electrons. The summed E-state index contributed by atoms with van der Waals surface area (Å²) < 4.78 is 21.1. The molecule has 2 aromatic carbocycles. The third-order valence-electron chi connectivity index (χ3n) is 4.20. The molecule has 0 spiro atoms. The lowest BCUT2D eigenvalue weighted by Gasteiger charge is -2.14. The smallest absolute Gasteiger partial charge is 0.326 e. The molecule has 3 rings (SSSR count). The van der Waals surface area contributed by atoms with Crippen LogP contribution in [0.3, 0.4) is 0 Å². The maximum Gasteiger partial charge on any atom is 0.326 e. The van der Waals surface area contributed by atoms with Crippen LogP contribution >= 0.6 is 0 Å². The molecule has 0 aliphatic carbocycles. The Kier molecular flexibility index (Phi) is 6.96. The van der Waals surface area contributed by atoms with Crippen LogP contribution in [0.15, 0.2) is 42.5 Å². The van der Waals surface area contributed by atoms with Gasteiger partial charge in [0.1, 0.15) is 12.3 Å². The quantitative estimate of drug-likeness (QED) is 0.621. The summed E-state index contributed by atoms with van der Waals surface area (Å²) >= 11 is 0. The summed E-state index contributed by atoms with van der Waals surface area (Å²) in [7, 11) is 0. The van der Waals surface area contributed by atoms with Gasteiger partial charge in [-0.2, -0.15) is 0 Å². The van der Waals surface area contributed by atoms with Crippen LogP contribution in [0.1, 0.15) is 31.1 Å². The van der Waals surface area contributed by atoms with E-state index in [1.807, 2.05) is 13.8 Å². The lowest BCUT2D eigenvalue weighted by Crippen LogP contribution is -2.35. The molecule has 1 aliphatic heterocycles. The van der Waals surface area contributed by atoms with Gasteiger partial charge in [-0.15, -0.1) is 0 Å². The lowest BCUT2D eigenvalue weighted by molar-refractivity contribution is -0.152. The summed E-state index contributed by atoms with van der Waals surface area (Å²) in [5, 5.41) is 5.10. The van der Waals surface area contributed by atoms with Crippen LogP contribution in [0.25, 0.3) is 0 Å². The Morgan fingerprint density at radius 3 is 2.42 bits per heavy atom. The molecular formula is C22H24N2O7. The Balaban J connectivity index is 1.44. The largest absolute Gasteiger partial charge is 0.491 e. The van der Waals surface area contributed by atoms with Crippen LogP contribution in [-0.4, -0.2) is 43.3 Å². The fourth-order valence-electron chi connectivity index (χ4n) is 2.72. The monoisotopic (exact) mass is 428 g/mol. The van der Waals surface area contributed by atoms with Crippen molar-refractivity contribution in [1.82, 2.24) is 5.32 Å². The summed E-state index contributed by atoms with van der Waals surface area (Å²) in [5.74, 6) is 0.0729. The molecule has 1 aliphatic rings. The second kappa shape index (κ2) is 9.84. The molecule has 9 heteroatoms. The second-order valence-corrected chi connectivity index (χ2v) is 7.06. The van der Waals surface area contributed by atoms with Gasteiger partial charge in [-0.05, 0) is 57.2 Å². The van der Waals surface area contributed by atoms with E-state index in [9.17, 15) is 14.4 Å². The highest BCUT2D eigenvalue weighted by molar-refractivity contribution is 5.97. The zero-order valence-corrected chi connectivity index (χ0v) is 17.5. The van der Waals surface area contributed by atoms with Crippen molar-refractivity contribution in [2.45, 2.75) is 33.0 Å². The van der Waals surface area contributed by atoms with Crippen LogP contribution in [0, 0.1) is 0 Å². The number of rotatable bonds is 8. The van der Waals surface area contributed by atoms with Crippen LogP contribution < -0.4 is 24.8 Å². The Labute approximate surface area is 179 Å². The molecule has 9 nitrogen and oxygen atoms in total. The van der Waals surface area contributed by atoms with Crippen molar-refractivity contribution in [3.05, 3.63) is 48.0 Å². The Hall–Kier alpha value is -3.75. The van der Waals surface area contributed by atoms with Gasteiger partial charge in [-0.25, -0.2) is 0 Å². The molecule has 164 valence electrons. The van der Waals surface area contributed by atoms with Crippen molar-refractivity contribution in [2.24, 2.45) is 0 Å². The normalized spacial score (nSPS) is 12.8. The summed E-state index contributed by atoms with van der Waals surface area (Å²) in [6.07, 6.45) is -1.03. The number of carbonyl (C=O) groups excluding carboxylic acids is 3. The minimum Gasteiger partial charge on any atom is -0.491 e. The first kappa shape index (κ1) is 21.9. The third-order valence-corrected chi connectivity index (χ3v) is 4.20. The fraction of sp³-hybridized carbons (Fsp3) is 0.318. The predicted octanol–water partition coefficient (Wildman–Crippen LogP) is 2.50. The van der Waals surface area contributed by atoms with E-state index in [-0.39, 0.29) is 19.4 Å². The summed E-state index contributed by atoms with van der Waals surface area (Å²) in [5.41, 5.74) is 0.854. The number of hydrogen-bond donors (Lipinski definition) is 2. The Morgan fingerprint density at radius 2 is 1.71 bits per heavy atom. The van der Waals surface area contributed by atoms with Gasteiger partial charge in [0.15, 0.2) is 17.6 Å². The average Bonchev–Trinajstić information content (AvgIpc) is 3.20.